The highest BCUT2D eigenvalue weighted by Crippen LogP contribution is 2.28. The van der Waals surface area contributed by atoms with E-state index in [1.165, 1.54) is 11.3 Å². The van der Waals surface area contributed by atoms with Crippen LogP contribution in [0.25, 0.3) is 22.9 Å². The molecule has 6 heteroatoms. The zero-order valence-corrected chi connectivity index (χ0v) is 16.8. The number of aromatic nitrogens is 1. The van der Waals surface area contributed by atoms with Crippen molar-refractivity contribution in [2.24, 2.45) is 0 Å². The van der Waals surface area contributed by atoms with Gasteiger partial charge in [-0.2, -0.15) is 10.5 Å². The normalized spacial score (nSPS) is 10.9. The number of benzene rings is 2. The Morgan fingerprint density at radius 2 is 1.86 bits per heavy atom. The first-order chi connectivity index (χ1) is 13.6. The molecule has 0 amide bonds. The van der Waals surface area contributed by atoms with Crippen LogP contribution in [0, 0.1) is 22.7 Å². The van der Waals surface area contributed by atoms with Gasteiger partial charge in [-0.15, -0.1) is 11.3 Å². The molecule has 0 N–H and O–H groups in total. The fraction of sp³-hybridized carbons (Fsp3) is 0.136. The summed E-state index contributed by atoms with van der Waals surface area (Å²) in [7, 11) is 1.96. The molecule has 0 saturated carbocycles. The summed E-state index contributed by atoms with van der Waals surface area (Å²) in [4.78, 5) is 6.63. The van der Waals surface area contributed by atoms with E-state index < -0.39 is 0 Å². The number of hydrogen-bond donors (Lipinski definition) is 0. The number of anilines is 1. The molecule has 0 atom stereocenters. The van der Waals surface area contributed by atoms with Crippen LogP contribution in [0.1, 0.15) is 17.0 Å². The minimum Gasteiger partial charge on any atom is -0.374 e. The Balaban J connectivity index is 1.80. The Hall–Kier alpha value is -3.12. The Morgan fingerprint density at radius 1 is 1.14 bits per heavy atom. The predicted octanol–water partition coefficient (Wildman–Crippen LogP) is 5.88. The maximum Gasteiger partial charge on any atom is 0.134 e. The molecule has 3 rings (SSSR count). The van der Waals surface area contributed by atoms with Gasteiger partial charge in [0.05, 0.1) is 23.8 Å². The molecule has 2 aromatic carbocycles. The molecule has 1 aromatic heterocycles. The van der Waals surface area contributed by atoms with Crippen LogP contribution in [-0.2, 0) is 0 Å². The molecule has 3 aromatic rings. The van der Waals surface area contributed by atoms with Gasteiger partial charge in [0.1, 0.15) is 11.1 Å². The summed E-state index contributed by atoms with van der Waals surface area (Å²) in [6.45, 7) is 0.682. The second kappa shape index (κ2) is 9.19. The monoisotopic (exact) mass is 404 g/mol. The lowest BCUT2D eigenvalue weighted by Gasteiger charge is -2.17. The number of nitrogens with zero attached hydrogens (tertiary/aromatic N) is 4. The zero-order valence-electron chi connectivity index (χ0n) is 15.3. The average molecular weight is 405 g/mol. The molecule has 28 heavy (non-hydrogen) atoms. The smallest absolute Gasteiger partial charge is 0.134 e. The Bertz CT molecular complexity index is 1050. The molecular weight excluding hydrogens is 388 g/mol. The van der Waals surface area contributed by atoms with Crippen LogP contribution in [0.3, 0.4) is 0 Å². The van der Waals surface area contributed by atoms with Crippen molar-refractivity contribution >= 4 is 40.3 Å². The van der Waals surface area contributed by atoms with E-state index in [1.807, 2.05) is 71.9 Å². The summed E-state index contributed by atoms with van der Waals surface area (Å²) in [6.07, 6.45) is 2.32. The predicted molar refractivity (Wildman–Crippen MR) is 116 cm³/mol. The van der Waals surface area contributed by atoms with Crippen molar-refractivity contribution < 1.29 is 0 Å². The van der Waals surface area contributed by atoms with Crippen LogP contribution in [0.5, 0.6) is 0 Å². The van der Waals surface area contributed by atoms with Crippen molar-refractivity contribution in [1.82, 2.24) is 4.98 Å². The SMILES string of the molecule is CN(CCC#N)c1ccc(/C=C(\C#N)c2nc(-c3ccc(Cl)cc3)cs2)cc1. The number of rotatable bonds is 6. The van der Waals surface area contributed by atoms with Crippen molar-refractivity contribution in [3.63, 3.8) is 0 Å². The van der Waals surface area contributed by atoms with E-state index in [-0.39, 0.29) is 0 Å². The topological polar surface area (TPSA) is 63.7 Å². The zero-order chi connectivity index (χ0) is 19.9. The molecule has 0 saturated heterocycles. The van der Waals surface area contributed by atoms with E-state index in [4.69, 9.17) is 16.9 Å². The van der Waals surface area contributed by atoms with Gasteiger partial charge in [-0.05, 0) is 35.9 Å². The Kier molecular flexibility index (Phi) is 6.45. The van der Waals surface area contributed by atoms with Gasteiger partial charge in [-0.3, -0.25) is 0 Å². The molecule has 0 unspecified atom stereocenters. The highest BCUT2D eigenvalue weighted by atomic mass is 35.5. The van der Waals surface area contributed by atoms with Crippen LogP contribution >= 0.6 is 22.9 Å². The maximum absolute atomic E-state index is 9.59. The molecule has 0 radical (unpaired) electrons. The molecule has 0 aliphatic heterocycles. The van der Waals surface area contributed by atoms with Gasteiger partial charge >= 0.3 is 0 Å². The van der Waals surface area contributed by atoms with E-state index in [0.717, 1.165) is 22.5 Å². The second-order valence-electron chi connectivity index (χ2n) is 6.14. The van der Waals surface area contributed by atoms with E-state index in [1.54, 1.807) is 0 Å². The van der Waals surface area contributed by atoms with Gasteiger partial charge < -0.3 is 4.90 Å². The molecule has 1 heterocycles. The lowest BCUT2D eigenvalue weighted by Crippen LogP contribution is -2.17. The highest BCUT2D eigenvalue weighted by Gasteiger charge is 2.09. The van der Waals surface area contributed by atoms with Crippen molar-refractivity contribution in [3.8, 4) is 23.4 Å². The molecule has 138 valence electrons. The second-order valence-corrected chi connectivity index (χ2v) is 7.43. The van der Waals surface area contributed by atoms with Gasteiger partial charge in [0.25, 0.3) is 0 Å². The lowest BCUT2D eigenvalue weighted by molar-refractivity contribution is 0.905. The average Bonchev–Trinajstić information content (AvgIpc) is 3.21. The summed E-state index contributed by atoms with van der Waals surface area (Å²) in [5.41, 5.74) is 4.28. The Morgan fingerprint density at radius 3 is 2.50 bits per heavy atom. The van der Waals surface area contributed by atoms with E-state index in [2.05, 4.69) is 17.1 Å². The largest absolute Gasteiger partial charge is 0.374 e. The third-order valence-electron chi connectivity index (χ3n) is 4.20. The summed E-state index contributed by atoms with van der Waals surface area (Å²) in [6, 6.07) is 19.8. The maximum atomic E-state index is 9.59. The third-order valence-corrected chi connectivity index (χ3v) is 5.33. The molecule has 0 aliphatic rings. The van der Waals surface area contributed by atoms with Gasteiger partial charge in [0.2, 0.25) is 0 Å². The van der Waals surface area contributed by atoms with Crippen LogP contribution in [0.2, 0.25) is 5.02 Å². The fourth-order valence-electron chi connectivity index (χ4n) is 2.63. The first-order valence-electron chi connectivity index (χ1n) is 8.62. The van der Waals surface area contributed by atoms with Crippen LogP contribution < -0.4 is 4.90 Å². The summed E-state index contributed by atoms with van der Waals surface area (Å²) in [5, 5.41) is 21.6. The number of nitriles is 2. The number of allylic oxidation sites excluding steroid dienone is 1. The number of hydrogen-bond acceptors (Lipinski definition) is 5. The molecular formula is C22H17ClN4S. The van der Waals surface area contributed by atoms with Crippen LogP contribution in [0.15, 0.2) is 53.9 Å². The number of thiazole rings is 1. The van der Waals surface area contributed by atoms with Gasteiger partial charge in [0.15, 0.2) is 0 Å². The minimum atomic E-state index is 0.483. The highest BCUT2D eigenvalue weighted by molar-refractivity contribution is 7.11. The minimum absolute atomic E-state index is 0.483. The summed E-state index contributed by atoms with van der Waals surface area (Å²) >= 11 is 7.38. The summed E-state index contributed by atoms with van der Waals surface area (Å²) < 4.78 is 0. The molecule has 0 aliphatic carbocycles. The molecule has 0 fully saturated rings. The van der Waals surface area contributed by atoms with Crippen molar-refractivity contribution in [1.29, 1.82) is 10.5 Å². The van der Waals surface area contributed by atoms with Crippen molar-refractivity contribution in [2.75, 3.05) is 18.5 Å². The van der Waals surface area contributed by atoms with Gasteiger partial charge in [-0.1, -0.05) is 35.9 Å². The lowest BCUT2D eigenvalue weighted by atomic mass is 10.1. The quantitative estimate of drug-likeness (QED) is 0.481. The third kappa shape index (κ3) is 4.78. The fourth-order valence-corrected chi connectivity index (χ4v) is 3.55. The standard InChI is InChI=1S/C22H17ClN4S/c1-27(12-2-11-24)20-9-3-16(4-10-20)13-18(14-25)22-26-21(15-28-22)17-5-7-19(23)8-6-17/h3-10,13,15H,2,12H2,1H3/b18-13+. The first-order valence-corrected chi connectivity index (χ1v) is 9.88. The number of halogens is 1. The van der Waals surface area contributed by atoms with Crippen LogP contribution in [0.4, 0.5) is 5.69 Å². The molecule has 0 bridgehead atoms. The van der Waals surface area contributed by atoms with E-state index in [0.29, 0.717) is 28.6 Å². The Labute approximate surface area is 173 Å². The van der Waals surface area contributed by atoms with Crippen molar-refractivity contribution in [2.45, 2.75) is 6.42 Å². The van der Waals surface area contributed by atoms with Crippen molar-refractivity contribution in [3.05, 3.63) is 69.5 Å². The molecule has 4 nitrogen and oxygen atoms in total. The molecule has 0 spiro atoms. The van der Waals surface area contributed by atoms with Crippen LogP contribution in [-0.4, -0.2) is 18.6 Å². The van der Waals surface area contributed by atoms with Gasteiger partial charge in [0, 0.05) is 35.2 Å². The van der Waals surface area contributed by atoms with Gasteiger partial charge in [-0.25, -0.2) is 4.98 Å². The first kappa shape index (κ1) is 19.6. The van der Waals surface area contributed by atoms with E-state index in [9.17, 15) is 5.26 Å². The van der Waals surface area contributed by atoms with E-state index >= 15 is 0 Å². The summed E-state index contributed by atoms with van der Waals surface area (Å²) in [5.74, 6) is 0.